The summed E-state index contributed by atoms with van der Waals surface area (Å²) in [6.07, 6.45) is 12.2. The maximum atomic E-state index is 12.2. The number of fused-ring (bicyclic) bond motifs is 7. The van der Waals surface area contributed by atoms with Gasteiger partial charge in [-0.15, -0.1) is 4.91 Å². The number of allylic oxidation sites excluding steroid dienone is 2. The molecular weight excluding hydrogens is 490 g/mol. The smallest absolute Gasteiger partial charge is 0.218 e. The molecule has 6 rings (SSSR count). The summed E-state index contributed by atoms with van der Waals surface area (Å²) < 4.78 is 12.1. The maximum absolute atomic E-state index is 12.2. The zero-order chi connectivity index (χ0) is 27.7. The highest BCUT2D eigenvalue weighted by Crippen LogP contribution is 2.71. The number of aliphatic hydroxyl groups excluding tert-OH is 2. The summed E-state index contributed by atoms with van der Waals surface area (Å²) in [5.41, 5.74) is 2.01. The van der Waals surface area contributed by atoms with Crippen LogP contribution in [-0.2, 0) is 9.47 Å². The summed E-state index contributed by atoms with van der Waals surface area (Å²) in [6, 6.07) is 0. The van der Waals surface area contributed by atoms with Crippen molar-refractivity contribution in [1.82, 2.24) is 0 Å². The van der Waals surface area contributed by atoms with Crippen LogP contribution in [0.5, 0.6) is 0 Å². The third-order valence-corrected chi connectivity index (χ3v) is 13.7. The summed E-state index contributed by atoms with van der Waals surface area (Å²) in [6.45, 7) is 11.8. The van der Waals surface area contributed by atoms with Gasteiger partial charge in [-0.3, -0.25) is 0 Å². The van der Waals surface area contributed by atoms with Crippen LogP contribution in [0.25, 0.3) is 0 Å². The molecule has 14 unspecified atom stereocenters. The Morgan fingerprint density at radius 1 is 0.974 bits per heavy atom. The predicted octanol–water partition coefficient (Wildman–Crippen LogP) is 6.63. The van der Waals surface area contributed by atoms with Gasteiger partial charge in [0.25, 0.3) is 0 Å². The summed E-state index contributed by atoms with van der Waals surface area (Å²) in [5.74, 6) is 3.78. The SMILES string of the molecule is CC1CCCC2(C)C1CCC1(C)C3CCC4(C(O)C5OC(CO)C(C)OC5N=O)CCCC(C)C4C3=CCC12. The van der Waals surface area contributed by atoms with Gasteiger partial charge in [-0.25, -0.2) is 0 Å². The molecule has 0 bridgehead atoms. The fourth-order valence-corrected chi connectivity index (χ4v) is 11.9. The van der Waals surface area contributed by atoms with E-state index in [4.69, 9.17) is 9.47 Å². The van der Waals surface area contributed by atoms with Crippen molar-refractivity contribution in [2.45, 2.75) is 136 Å². The van der Waals surface area contributed by atoms with E-state index in [1.54, 1.807) is 12.5 Å². The number of nitroso groups, excluding NO2 is 1. The minimum atomic E-state index is -1.05. The minimum Gasteiger partial charge on any atom is -0.394 e. The fraction of sp³-hybridized carbons (Fsp3) is 0.939. The lowest BCUT2D eigenvalue weighted by molar-refractivity contribution is -0.267. The number of ether oxygens (including phenoxy) is 2. The van der Waals surface area contributed by atoms with Crippen LogP contribution in [0.3, 0.4) is 0 Å². The molecule has 6 nitrogen and oxygen atoms in total. The van der Waals surface area contributed by atoms with Gasteiger partial charge in [-0.1, -0.05) is 65.0 Å². The second-order valence-corrected chi connectivity index (χ2v) is 15.3. The normalized spacial score (nSPS) is 54.3. The highest BCUT2D eigenvalue weighted by atomic mass is 16.6. The molecule has 39 heavy (non-hydrogen) atoms. The van der Waals surface area contributed by atoms with E-state index in [0.29, 0.717) is 22.7 Å². The first-order valence-corrected chi connectivity index (χ1v) is 16.2. The van der Waals surface area contributed by atoms with Crippen LogP contribution < -0.4 is 0 Å². The third kappa shape index (κ3) is 4.08. The zero-order valence-electron chi connectivity index (χ0n) is 25.0. The van der Waals surface area contributed by atoms with Crippen LogP contribution in [0, 0.1) is 56.7 Å². The molecule has 2 N–H and O–H groups in total. The molecule has 6 aliphatic rings. The van der Waals surface area contributed by atoms with Crippen LogP contribution >= 0.6 is 0 Å². The first-order chi connectivity index (χ1) is 18.6. The lowest BCUT2D eigenvalue weighted by Gasteiger charge is -2.67. The van der Waals surface area contributed by atoms with E-state index >= 15 is 0 Å². The molecule has 1 aliphatic heterocycles. The van der Waals surface area contributed by atoms with E-state index in [2.05, 4.69) is 38.9 Å². The second-order valence-electron chi connectivity index (χ2n) is 15.3. The molecule has 1 heterocycles. The molecule has 6 heteroatoms. The number of hydrogen-bond acceptors (Lipinski definition) is 6. The van der Waals surface area contributed by atoms with Gasteiger partial charge in [0.15, 0.2) is 0 Å². The molecule has 0 radical (unpaired) electrons. The van der Waals surface area contributed by atoms with Crippen molar-refractivity contribution < 1.29 is 19.7 Å². The summed E-state index contributed by atoms with van der Waals surface area (Å²) in [4.78, 5) is 11.9. The number of rotatable bonds is 4. The number of aliphatic hydroxyl groups is 2. The Bertz CT molecular complexity index is 970. The Labute approximate surface area is 235 Å². The Kier molecular flexibility index (Phi) is 7.38. The maximum Gasteiger partial charge on any atom is 0.218 e. The van der Waals surface area contributed by atoms with Crippen molar-refractivity contribution in [2.75, 3.05) is 6.61 Å². The van der Waals surface area contributed by atoms with Crippen LogP contribution in [0.1, 0.15) is 105 Å². The van der Waals surface area contributed by atoms with Gasteiger partial charge in [0.2, 0.25) is 6.23 Å². The molecule has 0 aromatic rings. The van der Waals surface area contributed by atoms with Gasteiger partial charge in [0.1, 0.15) is 12.2 Å². The Balaban J connectivity index is 1.35. The van der Waals surface area contributed by atoms with E-state index in [1.165, 1.54) is 44.9 Å². The van der Waals surface area contributed by atoms with E-state index in [1.807, 2.05) is 0 Å². The molecule has 5 aliphatic carbocycles. The van der Waals surface area contributed by atoms with E-state index in [0.717, 1.165) is 43.4 Å². The number of hydrogen-bond donors (Lipinski definition) is 2. The molecule has 220 valence electrons. The van der Waals surface area contributed by atoms with Crippen molar-refractivity contribution in [3.05, 3.63) is 16.6 Å². The van der Waals surface area contributed by atoms with Crippen LogP contribution in [0.15, 0.2) is 16.8 Å². The quantitative estimate of drug-likeness (QED) is 0.307. The topological polar surface area (TPSA) is 88.3 Å². The highest BCUT2D eigenvalue weighted by molar-refractivity contribution is 5.30. The molecular formula is C33H53NO5. The van der Waals surface area contributed by atoms with Crippen molar-refractivity contribution in [3.8, 4) is 0 Å². The average molecular weight is 544 g/mol. The van der Waals surface area contributed by atoms with E-state index < -0.39 is 30.6 Å². The molecule has 0 amide bonds. The molecule has 4 saturated carbocycles. The van der Waals surface area contributed by atoms with Gasteiger partial charge in [-0.05, 0) is 103 Å². The first-order valence-electron chi connectivity index (χ1n) is 16.2. The van der Waals surface area contributed by atoms with Crippen LogP contribution in [0.2, 0.25) is 0 Å². The first kappa shape index (κ1) is 28.3. The van der Waals surface area contributed by atoms with E-state index in [-0.39, 0.29) is 17.9 Å². The Morgan fingerprint density at radius 2 is 1.72 bits per heavy atom. The summed E-state index contributed by atoms with van der Waals surface area (Å²) in [5, 5.41) is 25.4. The fourth-order valence-electron chi connectivity index (χ4n) is 11.9. The van der Waals surface area contributed by atoms with Crippen molar-refractivity contribution >= 4 is 0 Å². The van der Waals surface area contributed by atoms with Crippen molar-refractivity contribution in [2.24, 2.45) is 56.9 Å². The lowest BCUT2D eigenvalue weighted by Crippen LogP contribution is -2.63. The molecule has 0 aromatic heterocycles. The molecule has 0 spiro atoms. The van der Waals surface area contributed by atoms with Gasteiger partial charge < -0.3 is 19.7 Å². The van der Waals surface area contributed by atoms with Gasteiger partial charge in [0, 0.05) is 5.41 Å². The zero-order valence-corrected chi connectivity index (χ0v) is 25.0. The number of nitrogens with zero attached hydrogens (tertiary/aromatic N) is 1. The standard InChI is InChI=1S/C33H53NO5/c1-19-8-6-14-31(4)23(19)12-16-32(5)24-13-17-33(15-7-9-20(2)27(33)22(24)10-11-26(31)32)29(36)28-30(34-37)38-21(3)25(18-35)39-28/h10,19-21,23-30,35-36H,6-9,11-18H2,1-5H3. The lowest BCUT2D eigenvalue weighted by atomic mass is 9.38. The average Bonchev–Trinajstić information content (AvgIpc) is 2.91. The van der Waals surface area contributed by atoms with Gasteiger partial charge in [0.05, 0.1) is 18.8 Å². The molecule has 14 atom stereocenters. The summed E-state index contributed by atoms with van der Waals surface area (Å²) >= 11 is 0. The Hall–Kier alpha value is -0.820. The van der Waals surface area contributed by atoms with Crippen LogP contribution in [-0.4, -0.2) is 47.5 Å². The highest BCUT2D eigenvalue weighted by Gasteiger charge is 2.64. The predicted molar refractivity (Wildman–Crippen MR) is 152 cm³/mol. The van der Waals surface area contributed by atoms with Crippen LogP contribution in [0.4, 0.5) is 0 Å². The largest absolute Gasteiger partial charge is 0.394 e. The van der Waals surface area contributed by atoms with E-state index in [9.17, 15) is 15.1 Å². The minimum absolute atomic E-state index is 0.200. The molecule has 1 saturated heterocycles. The van der Waals surface area contributed by atoms with Crippen molar-refractivity contribution in [3.63, 3.8) is 0 Å². The monoisotopic (exact) mass is 543 g/mol. The van der Waals surface area contributed by atoms with Gasteiger partial charge >= 0.3 is 0 Å². The second kappa shape index (κ2) is 10.2. The Morgan fingerprint density at radius 3 is 2.46 bits per heavy atom. The third-order valence-electron chi connectivity index (χ3n) is 13.7. The van der Waals surface area contributed by atoms with Crippen molar-refractivity contribution in [1.29, 1.82) is 0 Å². The molecule has 0 aromatic carbocycles. The summed E-state index contributed by atoms with van der Waals surface area (Å²) in [7, 11) is 0. The molecule has 5 fully saturated rings. The van der Waals surface area contributed by atoms with Gasteiger partial charge in [-0.2, -0.15) is 0 Å².